The van der Waals surface area contributed by atoms with Crippen LogP contribution in [-0.2, 0) is 16.1 Å². The van der Waals surface area contributed by atoms with Crippen LogP contribution >= 0.6 is 0 Å². The summed E-state index contributed by atoms with van der Waals surface area (Å²) in [5.74, 6) is 0.944. The van der Waals surface area contributed by atoms with Gasteiger partial charge in [-0.3, -0.25) is 14.3 Å². The number of nitrogens with one attached hydrogen (secondary N) is 1. The Hall–Kier alpha value is -1.85. The lowest BCUT2D eigenvalue weighted by Crippen LogP contribution is -2.46. The first kappa shape index (κ1) is 17.0. The van der Waals surface area contributed by atoms with Crippen LogP contribution in [-0.4, -0.2) is 45.1 Å². The SMILES string of the molecule is CCC(=O)N1C2CCC1CC(CCNC(=O)Cn1cc(C)cn1)C2. The van der Waals surface area contributed by atoms with Crippen LogP contribution in [0.25, 0.3) is 0 Å². The number of aryl methyl sites for hydroxylation is 1. The fraction of sp³-hybridized carbons (Fsp3) is 0.722. The molecule has 2 saturated heterocycles. The van der Waals surface area contributed by atoms with E-state index in [1.165, 1.54) is 0 Å². The highest BCUT2D eigenvalue weighted by Crippen LogP contribution is 2.40. The monoisotopic (exact) mass is 332 g/mol. The number of nitrogens with zero attached hydrogens (tertiary/aromatic N) is 3. The summed E-state index contributed by atoms with van der Waals surface area (Å²) >= 11 is 0. The van der Waals surface area contributed by atoms with Crippen LogP contribution in [0.5, 0.6) is 0 Å². The summed E-state index contributed by atoms with van der Waals surface area (Å²) in [6, 6.07) is 0.868. The molecule has 6 nitrogen and oxygen atoms in total. The molecule has 0 aliphatic carbocycles. The van der Waals surface area contributed by atoms with Gasteiger partial charge < -0.3 is 10.2 Å². The quantitative estimate of drug-likeness (QED) is 0.865. The van der Waals surface area contributed by atoms with Crippen LogP contribution in [0.1, 0.15) is 51.0 Å². The van der Waals surface area contributed by atoms with Crippen molar-refractivity contribution in [2.75, 3.05) is 6.54 Å². The van der Waals surface area contributed by atoms with Gasteiger partial charge in [-0.25, -0.2) is 0 Å². The lowest BCUT2D eigenvalue weighted by atomic mass is 9.88. The number of piperidine rings is 1. The minimum absolute atomic E-state index is 0.0136. The van der Waals surface area contributed by atoms with Crippen LogP contribution in [0.15, 0.2) is 12.4 Å². The van der Waals surface area contributed by atoms with Crippen molar-refractivity contribution in [1.29, 1.82) is 0 Å². The molecule has 3 heterocycles. The van der Waals surface area contributed by atoms with Crippen LogP contribution in [0.2, 0.25) is 0 Å². The molecule has 6 heteroatoms. The van der Waals surface area contributed by atoms with Crippen molar-refractivity contribution in [1.82, 2.24) is 20.0 Å². The van der Waals surface area contributed by atoms with Crippen LogP contribution in [0, 0.1) is 12.8 Å². The molecule has 2 amide bonds. The van der Waals surface area contributed by atoms with Crippen molar-refractivity contribution < 1.29 is 9.59 Å². The molecule has 2 atom stereocenters. The number of carbonyl (C=O) groups is 2. The fourth-order valence-electron chi connectivity index (χ4n) is 4.29. The maximum atomic E-state index is 12.1. The van der Waals surface area contributed by atoms with E-state index in [4.69, 9.17) is 0 Å². The molecular formula is C18H28N4O2. The Labute approximate surface area is 143 Å². The van der Waals surface area contributed by atoms with E-state index >= 15 is 0 Å². The topological polar surface area (TPSA) is 67.2 Å². The van der Waals surface area contributed by atoms with E-state index in [0.717, 1.165) is 37.7 Å². The Balaban J connectivity index is 1.40. The summed E-state index contributed by atoms with van der Waals surface area (Å²) in [4.78, 5) is 26.2. The van der Waals surface area contributed by atoms with Gasteiger partial charge in [-0.15, -0.1) is 0 Å². The van der Waals surface area contributed by atoms with Crippen molar-refractivity contribution in [2.45, 2.75) is 71.0 Å². The molecule has 0 saturated carbocycles. The number of rotatable bonds is 6. The molecule has 3 rings (SSSR count). The van der Waals surface area contributed by atoms with Gasteiger partial charge in [0.25, 0.3) is 0 Å². The zero-order valence-electron chi connectivity index (χ0n) is 14.7. The predicted octanol–water partition coefficient (Wildman–Crippen LogP) is 1.88. The van der Waals surface area contributed by atoms with Gasteiger partial charge in [-0.1, -0.05) is 6.92 Å². The number of hydrogen-bond donors (Lipinski definition) is 1. The molecule has 132 valence electrons. The second-order valence-electron chi connectivity index (χ2n) is 7.23. The lowest BCUT2D eigenvalue weighted by molar-refractivity contribution is -0.136. The van der Waals surface area contributed by atoms with E-state index in [1.807, 2.05) is 20.0 Å². The third kappa shape index (κ3) is 3.79. The summed E-state index contributed by atoms with van der Waals surface area (Å²) in [7, 11) is 0. The Kier molecular flexibility index (Phi) is 5.21. The minimum Gasteiger partial charge on any atom is -0.354 e. The average Bonchev–Trinajstić information content (AvgIpc) is 3.07. The van der Waals surface area contributed by atoms with Crippen LogP contribution in [0.3, 0.4) is 0 Å². The fourth-order valence-corrected chi connectivity index (χ4v) is 4.29. The van der Waals surface area contributed by atoms with Gasteiger partial charge in [0, 0.05) is 31.2 Å². The maximum absolute atomic E-state index is 12.1. The molecule has 0 spiro atoms. The number of carbonyl (C=O) groups excluding carboxylic acids is 2. The highest BCUT2D eigenvalue weighted by molar-refractivity contribution is 5.77. The van der Waals surface area contributed by atoms with E-state index in [1.54, 1.807) is 10.9 Å². The zero-order chi connectivity index (χ0) is 17.1. The van der Waals surface area contributed by atoms with E-state index in [2.05, 4.69) is 15.3 Å². The molecule has 2 aliphatic rings. The van der Waals surface area contributed by atoms with E-state index < -0.39 is 0 Å². The molecule has 2 bridgehead atoms. The van der Waals surface area contributed by atoms with Crippen LogP contribution in [0.4, 0.5) is 0 Å². The normalized spacial score (nSPS) is 25.8. The summed E-state index contributed by atoms with van der Waals surface area (Å²) in [6.45, 7) is 4.91. The summed E-state index contributed by atoms with van der Waals surface area (Å²) in [5, 5.41) is 7.14. The Morgan fingerprint density at radius 3 is 2.58 bits per heavy atom. The molecule has 1 aromatic heterocycles. The van der Waals surface area contributed by atoms with E-state index in [9.17, 15) is 9.59 Å². The average molecular weight is 332 g/mol. The molecule has 2 fully saturated rings. The van der Waals surface area contributed by atoms with Crippen molar-refractivity contribution in [3.05, 3.63) is 18.0 Å². The number of aromatic nitrogens is 2. The molecule has 0 radical (unpaired) electrons. The lowest BCUT2D eigenvalue weighted by Gasteiger charge is -2.39. The first-order chi connectivity index (χ1) is 11.6. The second-order valence-corrected chi connectivity index (χ2v) is 7.23. The van der Waals surface area contributed by atoms with Crippen molar-refractivity contribution in [2.24, 2.45) is 5.92 Å². The van der Waals surface area contributed by atoms with Crippen molar-refractivity contribution in [3.63, 3.8) is 0 Å². The summed E-state index contributed by atoms with van der Waals surface area (Å²) in [6.07, 6.45) is 9.74. The minimum atomic E-state index is 0.0136. The van der Waals surface area contributed by atoms with Gasteiger partial charge >= 0.3 is 0 Å². The first-order valence-corrected chi connectivity index (χ1v) is 9.13. The third-order valence-electron chi connectivity index (χ3n) is 5.36. The van der Waals surface area contributed by atoms with Crippen molar-refractivity contribution in [3.8, 4) is 0 Å². The third-order valence-corrected chi connectivity index (χ3v) is 5.36. The van der Waals surface area contributed by atoms with E-state index in [-0.39, 0.29) is 12.5 Å². The largest absolute Gasteiger partial charge is 0.354 e. The highest BCUT2D eigenvalue weighted by Gasteiger charge is 2.42. The number of hydrogen-bond acceptors (Lipinski definition) is 3. The van der Waals surface area contributed by atoms with Gasteiger partial charge in [0.2, 0.25) is 11.8 Å². The maximum Gasteiger partial charge on any atom is 0.241 e. The van der Waals surface area contributed by atoms with Crippen LogP contribution < -0.4 is 5.32 Å². The summed E-state index contributed by atoms with van der Waals surface area (Å²) in [5.41, 5.74) is 1.06. The van der Waals surface area contributed by atoms with E-state index in [0.29, 0.717) is 36.9 Å². The Morgan fingerprint density at radius 1 is 1.29 bits per heavy atom. The Morgan fingerprint density at radius 2 is 2.00 bits per heavy atom. The van der Waals surface area contributed by atoms with Gasteiger partial charge in [0.15, 0.2) is 0 Å². The predicted molar refractivity (Wildman–Crippen MR) is 91.3 cm³/mol. The standard InChI is InChI=1S/C18H28N4O2/c1-3-18(24)22-15-4-5-16(22)9-14(8-15)6-7-19-17(23)12-21-11-13(2)10-20-21/h10-11,14-16H,3-9,12H2,1-2H3,(H,19,23). The number of fused-ring (bicyclic) bond motifs is 2. The van der Waals surface area contributed by atoms with Gasteiger partial charge in [-0.05, 0) is 50.5 Å². The second kappa shape index (κ2) is 7.36. The molecule has 1 N–H and O–H groups in total. The molecule has 2 unspecified atom stereocenters. The molecule has 2 aliphatic heterocycles. The molecule has 0 aromatic carbocycles. The molecule has 24 heavy (non-hydrogen) atoms. The zero-order valence-corrected chi connectivity index (χ0v) is 14.7. The molecular weight excluding hydrogens is 304 g/mol. The van der Waals surface area contributed by atoms with Gasteiger partial charge in [-0.2, -0.15) is 5.10 Å². The Bertz CT molecular complexity index is 584. The summed E-state index contributed by atoms with van der Waals surface area (Å²) < 4.78 is 1.67. The smallest absolute Gasteiger partial charge is 0.241 e. The highest BCUT2D eigenvalue weighted by atomic mass is 16.2. The molecule has 1 aromatic rings. The first-order valence-electron chi connectivity index (χ1n) is 9.13. The van der Waals surface area contributed by atoms with Gasteiger partial charge in [0.1, 0.15) is 6.54 Å². The van der Waals surface area contributed by atoms with Gasteiger partial charge in [0.05, 0.1) is 6.20 Å². The van der Waals surface area contributed by atoms with Crippen molar-refractivity contribution >= 4 is 11.8 Å². The number of amides is 2.